The van der Waals surface area contributed by atoms with Crippen molar-refractivity contribution in [3.05, 3.63) is 36.4 Å². The van der Waals surface area contributed by atoms with E-state index < -0.39 is 0 Å². The second-order valence-corrected chi connectivity index (χ2v) is 4.68. The van der Waals surface area contributed by atoms with Crippen molar-refractivity contribution in [2.24, 2.45) is 5.92 Å². The summed E-state index contributed by atoms with van der Waals surface area (Å²) in [7, 11) is 0. The Hall–Kier alpha value is -2.08. The normalized spacial score (nSPS) is 19.3. The van der Waals surface area contributed by atoms with Gasteiger partial charge in [-0.05, 0) is 12.1 Å². The third-order valence-corrected chi connectivity index (χ3v) is 3.32. The smallest absolute Gasteiger partial charge is 0.228 e. The molecule has 1 unspecified atom stereocenters. The van der Waals surface area contributed by atoms with Gasteiger partial charge in [0.15, 0.2) is 0 Å². The predicted octanol–water partition coefficient (Wildman–Crippen LogP) is 0.870. The van der Waals surface area contributed by atoms with Gasteiger partial charge in [0.2, 0.25) is 5.91 Å². The summed E-state index contributed by atoms with van der Waals surface area (Å²) in [6.45, 7) is 1.07. The number of hydrogen-bond donors (Lipinski definition) is 1. The molecule has 0 bridgehead atoms. The number of carbonyl (C=O) groups excluding carboxylic acids is 1. The van der Waals surface area contributed by atoms with Crippen LogP contribution in [0.15, 0.2) is 35.1 Å². The molecule has 0 radical (unpaired) electrons. The summed E-state index contributed by atoms with van der Waals surface area (Å²) in [4.78, 5) is 13.6. The Kier molecular flexibility index (Phi) is 3.08. The first-order chi connectivity index (χ1) is 9.28. The third kappa shape index (κ3) is 2.26. The number of aliphatic hydroxyl groups excluding tert-OH is 1. The Labute approximate surface area is 110 Å². The lowest BCUT2D eigenvalue weighted by Crippen LogP contribution is -2.27. The molecule has 1 aliphatic rings. The zero-order chi connectivity index (χ0) is 13.2. The van der Waals surface area contributed by atoms with Gasteiger partial charge in [0.1, 0.15) is 18.1 Å². The van der Waals surface area contributed by atoms with E-state index in [4.69, 9.17) is 9.52 Å². The minimum Gasteiger partial charge on any atom is -0.467 e. The summed E-state index contributed by atoms with van der Waals surface area (Å²) in [5.41, 5.74) is 0. The van der Waals surface area contributed by atoms with Gasteiger partial charge in [0.05, 0.1) is 12.5 Å². The van der Waals surface area contributed by atoms with Crippen LogP contribution in [0.2, 0.25) is 0 Å². The van der Waals surface area contributed by atoms with E-state index in [1.165, 1.54) is 0 Å². The first-order valence-corrected chi connectivity index (χ1v) is 6.23. The Morgan fingerprint density at radius 2 is 2.37 bits per heavy atom. The molecule has 19 heavy (non-hydrogen) atoms. The van der Waals surface area contributed by atoms with E-state index in [-0.39, 0.29) is 18.4 Å². The van der Waals surface area contributed by atoms with Gasteiger partial charge >= 0.3 is 0 Å². The van der Waals surface area contributed by atoms with Crippen molar-refractivity contribution in [2.45, 2.75) is 13.0 Å². The molecule has 6 nitrogen and oxygen atoms in total. The van der Waals surface area contributed by atoms with Gasteiger partial charge in [-0.25, -0.2) is 4.68 Å². The van der Waals surface area contributed by atoms with E-state index in [0.717, 1.165) is 11.6 Å². The topological polar surface area (TPSA) is 71.5 Å². The number of aromatic nitrogens is 2. The van der Waals surface area contributed by atoms with E-state index >= 15 is 0 Å². The lowest BCUT2D eigenvalue weighted by molar-refractivity contribution is -0.117. The molecule has 0 saturated carbocycles. The number of furan rings is 1. The summed E-state index contributed by atoms with van der Waals surface area (Å²) in [5.74, 6) is 1.58. The number of amides is 1. The van der Waals surface area contributed by atoms with Crippen molar-refractivity contribution in [1.82, 2.24) is 9.78 Å². The van der Waals surface area contributed by atoms with Crippen LogP contribution in [0.25, 0.3) is 0 Å². The van der Waals surface area contributed by atoms with Gasteiger partial charge in [-0.2, -0.15) is 5.10 Å². The SMILES string of the molecule is O=C1CC(CO)CN1c1ccnn1Cc1ccco1. The molecule has 2 aromatic heterocycles. The van der Waals surface area contributed by atoms with Gasteiger partial charge < -0.3 is 9.52 Å². The summed E-state index contributed by atoms with van der Waals surface area (Å²) in [6, 6.07) is 5.50. The van der Waals surface area contributed by atoms with Crippen LogP contribution >= 0.6 is 0 Å². The average Bonchev–Trinajstić information content (AvgIpc) is 3.10. The first kappa shape index (κ1) is 12.0. The number of nitrogens with zero attached hydrogens (tertiary/aromatic N) is 3. The van der Waals surface area contributed by atoms with Crippen molar-refractivity contribution in [3.63, 3.8) is 0 Å². The molecule has 1 amide bonds. The van der Waals surface area contributed by atoms with Crippen molar-refractivity contribution in [2.75, 3.05) is 18.1 Å². The minimum atomic E-state index is 0.0134. The molecule has 100 valence electrons. The highest BCUT2D eigenvalue weighted by atomic mass is 16.3. The minimum absolute atomic E-state index is 0.0134. The Balaban J connectivity index is 1.82. The van der Waals surface area contributed by atoms with Gasteiger partial charge in [0, 0.05) is 31.6 Å². The Bertz CT molecular complexity index is 561. The third-order valence-electron chi connectivity index (χ3n) is 3.32. The fraction of sp³-hybridized carbons (Fsp3) is 0.385. The largest absolute Gasteiger partial charge is 0.467 e. The van der Waals surface area contributed by atoms with Gasteiger partial charge in [-0.1, -0.05) is 0 Å². The second kappa shape index (κ2) is 4.89. The maximum absolute atomic E-state index is 11.9. The maximum atomic E-state index is 11.9. The van der Waals surface area contributed by atoms with Crippen LogP contribution < -0.4 is 4.90 Å². The second-order valence-electron chi connectivity index (χ2n) is 4.68. The van der Waals surface area contributed by atoms with Crippen molar-refractivity contribution in [3.8, 4) is 0 Å². The molecular weight excluding hydrogens is 246 g/mol. The van der Waals surface area contributed by atoms with Crippen LogP contribution in [0.1, 0.15) is 12.2 Å². The Morgan fingerprint density at radius 3 is 3.05 bits per heavy atom. The zero-order valence-corrected chi connectivity index (χ0v) is 10.4. The lowest BCUT2D eigenvalue weighted by atomic mass is 10.1. The summed E-state index contributed by atoms with van der Waals surface area (Å²) >= 11 is 0. The fourth-order valence-corrected chi connectivity index (χ4v) is 2.35. The van der Waals surface area contributed by atoms with E-state index in [0.29, 0.717) is 19.5 Å². The van der Waals surface area contributed by atoms with E-state index in [1.54, 1.807) is 28.1 Å². The quantitative estimate of drug-likeness (QED) is 0.886. The number of carbonyl (C=O) groups is 1. The van der Waals surface area contributed by atoms with Crippen molar-refractivity contribution < 1.29 is 14.3 Å². The summed E-state index contributed by atoms with van der Waals surface area (Å²) in [6.07, 6.45) is 3.67. The van der Waals surface area contributed by atoms with Crippen LogP contribution in [0.4, 0.5) is 5.82 Å². The highest BCUT2D eigenvalue weighted by Crippen LogP contribution is 2.25. The van der Waals surface area contributed by atoms with Gasteiger partial charge in [-0.3, -0.25) is 9.69 Å². The molecule has 2 aromatic rings. The van der Waals surface area contributed by atoms with Crippen molar-refractivity contribution >= 4 is 11.7 Å². The molecule has 1 fully saturated rings. The summed E-state index contributed by atoms with van der Waals surface area (Å²) < 4.78 is 7.02. The first-order valence-electron chi connectivity index (χ1n) is 6.23. The average molecular weight is 261 g/mol. The molecule has 0 aliphatic carbocycles. The maximum Gasteiger partial charge on any atom is 0.228 e. The zero-order valence-electron chi connectivity index (χ0n) is 10.4. The van der Waals surface area contributed by atoms with Crippen LogP contribution in [0, 0.1) is 5.92 Å². The molecule has 3 heterocycles. The molecule has 3 rings (SSSR count). The van der Waals surface area contributed by atoms with E-state index in [2.05, 4.69) is 5.10 Å². The highest BCUT2D eigenvalue weighted by molar-refractivity contribution is 5.94. The van der Waals surface area contributed by atoms with E-state index in [1.807, 2.05) is 12.1 Å². The molecule has 1 atom stereocenters. The standard InChI is InChI=1S/C13H15N3O3/c17-9-10-6-13(18)15(7-10)12-3-4-14-16(12)8-11-2-1-5-19-11/h1-5,10,17H,6-9H2. The molecule has 1 aliphatic heterocycles. The van der Waals surface area contributed by atoms with Crippen molar-refractivity contribution in [1.29, 1.82) is 0 Å². The number of rotatable bonds is 4. The molecule has 0 aromatic carbocycles. The lowest BCUT2D eigenvalue weighted by Gasteiger charge is -2.17. The Morgan fingerprint density at radius 1 is 1.47 bits per heavy atom. The van der Waals surface area contributed by atoms with Gasteiger partial charge in [0.25, 0.3) is 0 Å². The van der Waals surface area contributed by atoms with E-state index in [9.17, 15) is 4.79 Å². The summed E-state index contributed by atoms with van der Waals surface area (Å²) in [5, 5.41) is 13.4. The molecule has 0 spiro atoms. The van der Waals surface area contributed by atoms with Crippen LogP contribution in [-0.2, 0) is 11.3 Å². The molecular formula is C13H15N3O3. The number of hydrogen-bond acceptors (Lipinski definition) is 4. The number of anilines is 1. The predicted molar refractivity (Wildman–Crippen MR) is 67.6 cm³/mol. The molecule has 1 saturated heterocycles. The highest BCUT2D eigenvalue weighted by Gasteiger charge is 2.31. The number of aliphatic hydroxyl groups is 1. The fourth-order valence-electron chi connectivity index (χ4n) is 2.35. The van der Waals surface area contributed by atoms with Crippen LogP contribution in [-0.4, -0.2) is 33.9 Å². The van der Waals surface area contributed by atoms with Crippen LogP contribution in [0.5, 0.6) is 0 Å². The van der Waals surface area contributed by atoms with Gasteiger partial charge in [-0.15, -0.1) is 0 Å². The molecule has 1 N–H and O–H groups in total. The molecule has 6 heteroatoms. The van der Waals surface area contributed by atoms with Crippen LogP contribution in [0.3, 0.4) is 0 Å². The monoisotopic (exact) mass is 261 g/mol.